The van der Waals surface area contributed by atoms with Gasteiger partial charge >= 0.3 is 6.03 Å². The SMILES string of the molecule is Cc1ccccc1CN1CCN(C2=NC3C(C(=O)NC(=O)N3C)N2C/C=C/c2ccccc2)CC1. The maximum Gasteiger partial charge on any atom is 0.325 e. The first kappa shape index (κ1) is 23.1. The summed E-state index contributed by atoms with van der Waals surface area (Å²) in [7, 11) is 1.70. The minimum atomic E-state index is -0.530. The summed E-state index contributed by atoms with van der Waals surface area (Å²) in [6.07, 6.45) is 3.60. The predicted molar refractivity (Wildman–Crippen MR) is 137 cm³/mol. The lowest BCUT2D eigenvalue weighted by molar-refractivity contribution is -0.127. The number of hydrogen-bond donors (Lipinski definition) is 1. The van der Waals surface area contributed by atoms with E-state index in [0.717, 1.165) is 44.2 Å². The molecule has 0 bridgehead atoms. The van der Waals surface area contributed by atoms with Gasteiger partial charge in [-0.05, 0) is 23.6 Å². The molecule has 3 amide bonds. The van der Waals surface area contributed by atoms with Crippen molar-refractivity contribution in [1.29, 1.82) is 0 Å². The summed E-state index contributed by atoms with van der Waals surface area (Å²) in [6.45, 7) is 7.10. The van der Waals surface area contributed by atoms with Crippen molar-refractivity contribution in [3.05, 3.63) is 77.4 Å². The first-order valence-electron chi connectivity index (χ1n) is 12.2. The maximum atomic E-state index is 12.9. The van der Waals surface area contributed by atoms with Gasteiger partial charge in [-0.2, -0.15) is 0 Å². The highest BCUT2D eigenvalue weighted by Gasteiger charge is 2.49. The van der Waals surface area contributed by atoms with E-state index in [2.05, 4.69) is 58.5 Å². The summed E-state index contributed by atoms with van der Waals surface area (Å²) in [5.74, 6) is 0.508. The summed E-state index contributed by atoms with van der Waals surface area (Å²) in [5.41, 5.74) is 3.77. The number of nitrogens with zero attached hydrogens (tertiary/aromatic N) is 5. The van der Waals surface area contributed by atoms with Gasteiger partial charge in [-0.25, -0.2) is 9.79 Å². The summed E-state index contributed by atoms with van der Waals surface area (Å²) >= 11 is 0. The van der Waals surface area contributed by atoms with Gasteiger partial charge < -0.3 is 14.7 Å². The number of aliphatic imine (C=N–C) groups is 1. The van der Waals surface area contributed by atoms with E-state index in [9.17, 15) is 9.59 Å². The van der Waals surface area contributed by atoms with Crippen LogP contribution >= 0.6 is 0 Å². The number of likely N-dealkylation sites (N-methyl/N-ethyl adjacent to an activating group) is 1. The number of carbonyl (C=O) groups excluding carboxylic acids is 2. The van der Waals surface area contributed by atoms with Crippen LogP contribution in [0, 0.1) is 6.92 Å². The van der Waals surface area contributed by atoms with Crippen molar-refractivity contribution in [3.63, 3.8) is 0 Å². The normalized spacial score (nSPS) is 23.0. The van der Waals surface area contributed by atoms with Gasteiger partial charge in [0.15, 0.2) is 18.2 Å². The van der Waals surface area contributed by atoms with E-state index < -0.39 is 18.2 Å². The Morgan fingerprint density at radius 1 is 1.00 bits per heavy atom. The molecule has 1 N–H and O–H groups in total. The molecule has 2 atom stereocenters. The molecular weight excluding hydrogens is 440 g/mol. The largest absolute Gasteiger partial charge is 0.340 e. The summed E-state index contributed by atoms with van der Waals surface area (Å²) in [4.78, 5) is 38.3. The molecule has 0 saturated carbocycles. The first-order valence-corrected chi connectivity index (χ1v) is 12.2. The summed E-state index contributed by atoms with van der Waals surface area (Å²) in [6, 6.07) is 17.7. The second kappa shape index (κ2) is 9.92. The van der Waals surface area contributed by atoms with Crippen molar-refractivity contribution in [2.75, 3.05) is 39.8 Å². The minimum absolute atomic E-state index is 0.289. The van der Waals surface area contributed by atoms with Crippen LogP contribution in [0.25, 0.3) is 6.08 Å². The quantitative estimate of drug-likeness (QED) is 0.724. The van der Waals surface area contributed by atoms with Crippen molar-refractivity contribution in [3.8, 4) is 0 Å². The number of amides is 3. The van der Waals surface area contributed by atoms with Gasteiger partial charge in [0.2, 0.25) is 0 Å². The first-order chi connectivity index (χ1) is 17.0. The number of aryl methyl sites for hydroxylation is 1. The van der Waals surface area contributed by atoms with Crippen LogP contribution in [0.15, 0.2) is 65.7 Å². The standard InChI is InChI=1S/C27H32N6O2/c1-20-9-6-7-13-22(20)19-31-15-17-32(18-16-31)26-28-24-23(25(34)29-27(35)30(24)2)33(26)14-8-12-21-10-4-3-5-11-21/h3-13,23-24H,14-19H2,1-2H3,(H,29,34,35)/b12-8+. The molecule has 35 heavy (non-hydrogen) atoms. The van der Waals surface area contributed by atoms with Crippen molar-refractivity contribution in [2.45, 2.75) is 25.7 Å². The third kappa shape index (κ3) is 4.79. The fourth-order valence-corrected chi connectivity index (χ4v) is 4.97. The molecule has 2 fully saturated rings. The number of benzene rings is 2. The van der Waals surface area contributed by atoms with Crippen LogP contribution in [0.1, 0.15) is 16.7 Å². The molecule has 3 aliphatic rings. The molecule has 2 aromatic carbocycles. The zero-order chi connectivity index (χ0) is 24.4. The van der Waals surface area contributed by atoms with E-state index in [1.165, 1.54) is 16.0 Å². The van der Waals surface area contributed by atoms with E-state index in [1.807, 2.05) is 35.2 Å². The Kier molecular flexibility index (Phi) is 6.55. The number of carbonyl (C=O) groups is 2. The third-order valence-electron chi connectivity index (χ3n) is 7.06. The van der Waals surface area contributed by atoms with Crippen LogP contribution in [-0.2, 0) is 11.3 Å². The molecule has 3 heterocycles. The monoisotopic (exact) mass is 472 g/mol. The number of rotatable bonds is 5. The highest BCUT2D eigenvalue weighted by molar-refractivity contribution is 6.03. The lowest BCUT2D eigenvalue weighted by Gasteiger charge is -2.40. The van der Waals surface area contributed by atoms with Crippen molar-refractivity contribution >= 4 is 24.0 Å². The van der Waals surface area contributed by atoms with Crippen LogP contribution in [0.4, 0.5) is 4.79 Å². The van der Waals surface area contributed by atoms with E-state index in [0.29, 0.717) is 6.54 Å². The molecule has 0 radical (unpaired) electrons. The van der Waals surface area contributed by atoms with Crippen molar-refractivity contribution in [1.82, 2.24) is 24.9 Å². The van der Waals surface area contributed by atoms with Gasteiger partial charge in [0, 0.05) is 46.3 Å². The Bertz CT molecular complexity index is 1140. The molecule has 2 unspecified atom stereocenters. The molecule has 5 rings (SSSR count). The van der Waals surface area contributed by atoms with E-state index in [-0.39, 0.29) is 5.91 Å². The molecule has 2 aromatic rings. The van der Waals surface area contributed by atoms with Crippen LogP contribution in [0.3, 0.4) is 0 Å². The van der Waals surface area contributed by atoms with Crippen molar-refractivity contribution in [2.24, 2.45) is 4.99 Å². The van der Waals surface area contributed by atoms with Crippen molar-refractivity contribution < 1.29 is 9.59 Å². The fourth-order valence-electron chi connectivity index (χ4n) is 4.97. The lowest BCUT2D eigenvalue weighted by atomic mass is 10.1. The molecule has 8 nitrogen and oxygen atoms in total. The average Bonchev–Trinajstić information content (AvgIpc) is 3.25. The van der Waals surface area contributed by atoms with Gasteiger partial charge in [-0.1, -0.05) is 66.7 Å². The highest BCUT2D eigenvalue weighted by atomic mass is 16.2. The Hall–Kier alpha value is -3.65. The zero-order valence-electron chi connectivity index (χ0n) is 20.3. The Morgan fingerprint density at radius 2 is 1.71 bits per heavy atom. The Balaban J connectivity index is 1.31. The van der Waals surface area contributed by atoms with Gasteiger partial charge in [-0.3, -0.25) is 15.0 Å². The highest BCUT2D eigenvalue weighted by Crippen LogP contribution is 2.26. The molecule has 8 heteroatoms. The number of hydrogen-bond acceptors (Lipinski definition) is 6. The zero-order valence-corrected chi connectivity index (χ0v) is 20.3. The van der Waals surface area contributed by atoms with Gasteiger partial charge in [0.1, 0.15) is 0 Å². The van der Waals surface area contributed by atoms with E-state index >= 15 is 0 Å². The number of piperazine rings is 1. The molecular formula is C27H32N6O2. The molecule has 0 aromatic heterocycles. The summed E-state index contributed by atoms with van der Waals surface area (Å²) in [5, 5.41) is 2.48. The molecule has 0 aliphatic carbocycles. The van der Waals surface area contributed by atoms with Crippen LogP contribution < -0.4 is 5.32 Å². The average molecular weight is 473 g/mol. The summed E-state index contributed by atoms with van der Waals surface area (Å²) < 4.78 is 0. The topological polar surface area (TPSA) is 71.5 Å². The van der Waals surface area contributed by atoms with Crippen LogP contribution in [0.5, 0.6) is 0 Å². The second-order valence-corrected chi connectivity index (χ2v) is 9.35. The smallest absolute Gasteiger partial charge is 0.325 e. The number of imide groups is 1. The van der Waals surface area contributed by atoms with Crippen LogP contribution in [0.2, 0.25) is 0 Å². The molecule has 0 spiro atoms. The van der Waals surface area contributed by atoms with Gasteiger partial charge in [0.25, 0.3) is 5.91 Å². The lowest BCUT2D eigenvalue weighted by Crippen LogP contribution is -2.64. The molecule has 3 aliphatic heterocycles. The third-order valence-corrected chi connectivity index (χ3v) is 7.06. The van der Waals surface area contributed by atoms with E-state index in [4.69, 9.17) is 4.99 Å². The predicted octanol–water partition coefficient (Wildman–Crippen LogP) is 2.37. The maximum absolute atomic E-state index is 12.9. The second-order valence-electron chi connectivity index (χ2n) is 9.35. The molecule has 2 saturated heterocycles. The number of urea groups is 1. The van der Waals surface area contributed by atoms with Gasteiger partial charge in [0.05, 0.1) is 0 Å². The minimum Gasteiger partial charge on any atom is -0.340 e. The molecule has 182 valence electrons. The van der Waals surface area contributed by atoms with Crippen LogP contribution in [-0.4, -0.2) is 89.5 Å². The van der Waals surface area contributed by atoms with E-state index in [1.54, 1.807) is 7.05 Å². The Morgan fingerprint density at radius 3 is 2.46 bits per heavy atom. The number of guanidine groups is 1. The number of fused-ring (bicyclic) bond motifs is 1. The Labute approximate surface area is 206 Å². The van der Waals surface area contributed by atoms with Gasteiger partial charge in [-0.15, -0.1) is 0 Å². The fraction of sp³-hybridized carbons (Fsp3) is 0.370. The number of nitrogens with one attached hydrogen (secondary N) is 1.